The molecule has 0 spiro atoms. The van der Waals surface area contributed by atoms with Gasteiger partial charge in [0.25, 0.3) is 0 Å². The number of benzene rings is 2. The molecule has 0 aliphatic carbocycles. The number of halogens is 1. The molecule has 4 aromatic rings. The molecular weight excluding hydrogens is 370 g/mol. The van der Waals surface area contributed by atoms with Gasteiger partial charge in [0.15, 0.2) is 0 Å². The molecule has 0 bridgehead atoms. The zero-order chi connectivity index (χ0) is 19.7. The zero-order valence-corrected chi connectivity index (χ0v) is 16.7. The number of hydrazone groups is 1. The first kappa shape index (κ1) is 18.2. The van der Waals surface area contributed by atoms with Gasteiger partial charge in [-0.1, -0.05) is 41.9 Å². The van der Waals surface area contributed by atoms with Crippen LogP contribution >= 0.6 is 11.6 Å². The Balaban J connectivity index is 1.61. The van der Waals surface area contributed by atoms with Crippen molar-refractivity contribution in [1.82, 2.24) is 14.8 Å². The topological polar surface area (TPSA) is 55.1 Å². The number of para-hydroxylation sites is 1. The summed E-state index contributed by atoms with van der Waals surface area (Å²) in [5.41, 5.74) is 8.66. The van der Waals surface area contributed by atoms with Crippen LogP contribution in [0.1, 0.15) is 22.4 Å². The summed E-state index contributed by atoms with van der Waals surface area (Å²) in [5, 5.41) is 10.5. The van der Waals surface area contributed by atoms with E-state index in [9.17, 15) is 0 Å². The normalized spacial score (nSPS) is 11.4. The summed E-state index contributed by atoms with van der Waals surface area (Å²) in [7, 11) is 0. The third-order valence-corrected chi connectivity index (χ3v) is 4.94. The van der Waals surface area contributed by atoms with Crippen molar-refractivity contribution < 1.29 is 0 Å². The predicted molar refractivity (Wildman–Crippen MR) is 116 cm³/mol. The molecule has 0 amide bonds. The summed E-state index contributed by atoms with van der Waals surface area (Å²) in [4.78, 5) is 4.69. The number of hydrogen-bond acceptors (Lipinski definition) is 4. The number of pyridine rings is 1. The Bertz CT molecular complexity index is 1180. The number of anilines is 1. The van der Waals surface area contributed by atoms with Crippen LogP contribution in [-0.2, 0) is 0 Å². The molecule has 1 N–H and O–H groups in total. The summed E-state index contributed by atoms with van der Waals surface area (Å²) in [6, 6.07) is 18.1. The van der Waals surface area contributed by atoms with Gasteiger partial charge in [-0.3, -0.25) is 5.43 Å². The number of fused-ring (bicyclic) bond motifs is 1. The summed E-state index contributed by atoms with van der Waals surface area (Å²) < 4.78 is 1.71. The molecule has 0 aliphatic rings. The second-order valence-electron chi connectivity index (χ2n) is 6.76. The van der Waals surface area contributed by atoms with E-state index in [4.69, 9.17) is 11.6 Å². The largest absolute Gasteiger partial charge is 0.261 e. The number of aromatic nitrogens is 3. The fourth-order valence-electron chi connectivity index (χ4n) is 3.05. The summed E-state index contributed by atoms with van der Waals surface area (Å²) >= 11 is 6.54. The summed E-state index contributed by atoms with van der Waals surface area (Å²) in [6.45, 7) is 5.98. The molecule has 2 aromatic carbocycles. The molecule has 4 rings (SSSR count). The van der Waals surface area contributed by atoms with E-state index in [1.54, 1.807) is 10.9 Å². The quantitative estimate of drug-likeness (QED) is 0.373. The van der Waals surface area contributed by atoms with Crippen LogP contribution in [0.4, 0.5) is 5.82 Å². The molecule has 0 atom stereocenters. The molecule has 2 aromatic heterocycles. The van der Waals surface area contributed by atoms with Crippen LogP contribution in [-0.4, -0.2) is 21.0 Å². The Kier molecular flexibility index (Phi) is 4.84. The van der Waals surface area contributed by atoms with E-state index >= 15 is 0 Å². The molecule has 0 radical (unpaired) electrons. The molecule has 6 heteroatoms. The van der Waals surface area contributed by atoms with Crippen molar-refractivity contribution >= 4 is 34.5 Å². The van der Waals surface area contributed by atoms with Gasteiger partial charge in [-0.25, -0.2) is 9.67 Å². The van der Waals surface area contributed by atoms with Gasteiger partial charge >= 0.3 is 0 Å². The second-order valence-corrected chi connectivity index (χ2v) is 7.12. The monoisotopic (exact) mass is 389 g/mol. The number of hydrogen-bond donors (Lipinski definition) is 1. The van der Waals surface area contributed by atoms with E-state index in [1.807, 2.05) is 44.2 Å². The molecule has 0 fully saturated rings. The highest BCUT2D eigenvalue weighted by Crippen LogP contribution is 2.23. The molecule has 0 saturated carbocycles. The lowest BCUT2D eigenvalue weighted by Crippen LogP contribution is -1.98. The van der Waals surface area contributed by atoms with Gasteiger partial charge in [-0.2, -0.15) is 10.2 Å². The van der Waals surface area contributed by atoms with Crippen LogP contribution in [0.5, 0.6) is 0 Å². The van der Waals surface area contributed by atoms with Gasteiger partial charge in [-0.15, -0.1) is 0 Å². The number of nitrogens with zero attached hydrogens (tertiary/aromatic N) is 4. The van der Waals surface area contributed by atoms with Crippen molar-refractivity contribution in [3.8, 4) is 5.69 Å². The highest BCUT2D eigenvalue weighted by atomic mass is 35.5. The molecule has 2 heterocycles. The third kappa shape index (κ3) is 3.49. The highest BCUT2D eigenvalue weighted by Gasteiger charge is 2.13. The lowest BCUT2D eigenvalue weighted by Gasteiger charge is -2.07. The number of rotatable bonds is 4. The van der Waals surface area contributed by atoms with E-state index in [0.717, 1.165) is 39.2 Å². The predicted octanol–water partition coefficient (Wildman–Crippen LogP) is 5.45. The first-order valence-electron chi connectivity index (χ1n) is 9.00. The van der Waals surface area contributed by atoms with Crippen molar-refractivity contribution in [1.29, 1.82) is 0 Å². The third-order valence-electron chi connectivity index (χ3n) is 4.58. The Hall–Kier alpha value is -3.18. The SMILES string of the molecule is Cc1ccc2cc(C)c(N/N=C\c3c(C)nn(-c4ccccc4)c3Cl)nc2c1. The van der Waals surface area contributed by atoms with Crippen molar-refractivity contribution in [2.45, 2.75) is 20.8 Å². The van der Waals surface area contributed by atoms with Crippen LogP contribution in [0.25, 0.3) is 16.6 Å². The van der Waals surface area contributed by atoms with Crippen LogP contribution in [0.2, 0.25) is 5.15 Å². The van der Waals surface area contributed by atoms with Gasteiger partial charge in [0.05, 0.1) is 28.7 Å². The van der Waals surface area contributed by atoms with Crippen LogP contribution < -0.4 is 5.43 Å². The first-order valence-corrected chi connectivity index (χ1v) is 9.38. The molecule has 140 valence electrons. The molecule has 0 unspecified atom stereocenters. The average molecular weight is 390 g/mol. The van der Waals surface area contributed by atoms with Crippen LogP contribution in [0, 0.1) is 20.8 Å². The lowest BCUT2D eigenvalue weighted by atomic mass is 10.1. The van der Waals surface area contributed by atoms with Gasteiger partial charge in [0.2, 0.25) is 0 Å². The second kappa shape index (κ2) is 7.44. The van der Waals surface area contributed by atoms with Crippen molar-refractivity contribution in [3.05, 3.63) is 82.1 Å². The standard InChI is InChI=1S/C22H20ClN5/c1-14-9-10-17-12-15(2)22(25-20(17)11-14)26-24-13-19-16(3)27-28(21(19)23)18-7-5-4-6-8-18/h4-13H,1-3H3,(H,25,26)/b24-13-. The lowest BCUT2D eigenvalue weighted by molar-refractivity contribution is 0.863. The number of nitrogens with one attached hydrogen (secondary N) is 1. The van der Waals surface area contributed by atoms with Gasteiger partial charge < -0.3 is 0 Å². The minimum atomic E-state index is 0.521. The fraction of sp³-hybridized carbons (Fsp3) is 0.136. The Labute approximate surface area is 168 Å². The van der Waals surface area contributed by atoms with E-state index in [2.05, 4.69) is 51.8 Å². The van der Waals surface area contributed by atoms with Crippen molar-refractivity contribution in [2.24, 2.45) is 5.10 Å². The van der Waals surface area contributed by atoms with E-state index < -0.39 is 0 Å². The molecular formula is C22H20ClN5. The maximum absolute atomic E-state index is 6.54. The molecule has 28 heavy (non-hydrogen) atoms. The fourth-order valence-corrected chi connectivity index (χ4v) is 3.37. The zero-order valence-electron chi connectivity index (χ0n) is 15.9. The van der Waals surface area contributed by atoms with E-state index in [0.29, 0.717) is 5.15 Å². The van der Waals surface area contributed by atoms with E-state index in [-0.39, 0.29) is 0 Å². The Morgan fingerprint density at radius 2 is 1.82 bits per heavy atom. The molecule has 0 aliphatic heterocycles. The van der Waals surface area contributed by atoms with Crippen LogP contribution in [0.15, 0.2) is 59.7 Å². The van der Waals surface area contributed by atoms with Gasteiger partial charge in [-0.05, 0) is 56.2 Å². The maximum Gasteiger partial charge on any atom is 0.149 e. The smallest absolute Gasteiger partial charge is 0.149 e. The van der Waals surface area contributed by atoms with Crippen molar-refractivity contribution in [3.63, 3.8) is 0 Å². The minimum Gasteiger partial charge on any atom is -0.261 e. The Morgan fingerprint density at radius 3 is 2.61 bits per heavy atom. The first-order chi connectivity index (χ1) is 13.5. The minimum absolute atomic E-state index is 0.521. The number of aryl methyl sites for hydroxylation is 3. The van der Waals surface area contributed by atoms with Gasteiger partial charge in [0.1, 0.15) is 11.0 Å². The molecule has 0 saturated heterocycles. The average Bonchev–Trinajstić information content (AvgIpc) is 2.97. The molecule has 5 nitrogen and oxygen atoms in total. The maximum atomic E-state index is 6.54. The summed E-state index contributed by atoms with van der Waals surface area (Å²) in [6.07, 6.45) is 1.69. The highest BCUT2D eigenvalue weighted by molar-refractivity contribution is 6.32. The Morgan fingerprint density at radius 1 is 1.04 bits per heavy atom. The van der Waals surface area contributed by atoms with Crippen molar-refractivity contribution in [2.75, 3.05) is 5.43 Å². The van der Waals surface area contributed by atoms with Gasteiger partial charge in [0, 0.05) is 5.39 Å². The summed E-state index contributed by atoms with van der Waals surface area (Å²) in [5.74, 6) is 0.721. The van der Waals surface area contributed by atoms with Crippen LogP contribution in [0.3, 0.4) is 0 Å². The van der Waals surface area contributed by atoms with E-state index in [1.165, 1.54) is 5.56 Å².